The van der Waals surface area contributed by atoms with Gasteiger partial charge in [0.2, 0.25) is 0 Å². The van der Waals surface area contributed by atoms with Crippen molar-refractivity contribution in [1.29, 1.82) is 0 Å². The highest BCUT2D eigenvalue weighted by Gasteiger charge is 2.05. The lowest BCUT2D eigenvalue weighted by Crippen LogP contribution is -2.12. The fourth-order valence-electron chi connectivity index (χ4n) is 1.88. The second-order valence-corrected chi connectivity index (χ2v) is 3.81. The lowest BCUT2D eigenvalue weighted by atomic mass is 10.1. The maximum absolute atomic E-state index is 8.60. The molecule has 4 N–H and O–H groups in total. The second-order valence-electron chi connectivity index (χ2n) is 3.81. The molecule has 0 radical (unpaired) electrons. The molecule has 16 heavy (non-hydrogen) atoms. The molecule has 0 saturated carbocycles. The number of aromatic amines is 1. The largest absolute Gasteiger partial charge is 0.409 e. The Morgan fingerprint density at radius 3 is 3.00 bits per heavy atom. The zero-order chi connectivity index (χ0) is 11.5. The van der Waals surface area contributed by atoms with Gasteiger partial charge in [0, 0.05) is 22.7 Å². The lowest BCUT2D eigenvalue weighted by Gasteiger charge is -2.00. The smallest absolute Gasteiger partial charge is 0.170 e. The van der Waals surface area contributed by atoms with Gasteiger partial charge in [-0.25, -0.2) is 0 Å². The standard InChI is InChI=1S/C12H15N3O/c1-2-3-9-7-14-11-6-8(12(13)15-16)4-5-10(9)11/h4-7,14,16H,2-3H2,1H3,(H2,13,15). The van der Waals surface area contributed by atoms with Crippen molar-refractivity contribution in [3.05, 3.63) is 35.5 Å². The highest BCUT2D eigenvalue weighted by Crippen LogP contribution is 2.20. The normalized spacial score (nSPS) is 12.2. The van der Waals surface area contributed by atoms with Gasteiger partial charge in [-0.2, -0.15) is 0 Å². The first-order chi connectivity index (χ1) is 7.76. The van der Waals surface area contributed by atoms with Crippen molar-refractivity contribution in [3.8, 4) is 0 Å². The minimum absolute atomic E-state index is 0.133. The highest BCUT2D eigenvalue weighted by atomic mass is 16.4. The van der Waals surface area contributed by atoms with E-state index in [2.05, 4.69) is 17.1 Å². The number of hydrogen-bond acceptors (Lipinski definition) is 2. The van der Waals surface area contributed by atoms with E-state index in [4.69, 9.17) is 10.9 Å². The topological polar surface area (TPSA) is 74.4 Å². The molecule has 0 unspecified atom stereocenters. The molecule has 0 atom stereocenters. The van der Waals surface area contributed by atoms with E-state index < -0.39 is 0 Å². The first-order valence-corrected chi connectivity index (χ1v) is 5.34. The van der Waals surface area contributed by atoms with E-state index in [0.29, 0.717) is 0 Å². The van der Waals surface area contributed by atoms with Crippen LogP contribution in [0.3, 0.4) is 0 Å². The van der Waals surface area contributed by atoms with E-state index in [9.17, 15) is 0 Å². The van der Waals surface area contributed by atoms with Crippen molar-refractivity contribution in [2.75, 3.05) is 0 Å². The molecule has 0 aliphatic carbocycles. The van der Waals surface area contributed by atoms with Crippen LogP contribution in [0.4, 0.5) is 0 Å². The first-order valence-electron chi connectivity index (χ1n) is 5.34. The van der Waals surface area contributed by atoms with E-state index in [0.717, 1.165) is 23.9 Å². The van der Waals surface area contributed by atoms with Gasteiger partial charge in [0.1, 0.15) is 0 Å². The third-order valence-electron chi connectivity index (χ3n) is 2.69. The van der Waals surface area contributed by atoms with Crippen LogP contribution in [0.5, 0.6) is 0 Å². The van der Waals surface area contributed by atoms with Crippen LogP contribution in [-0.2, 0) is 6.42 Å². The van der Waals surface area contributed by atoms with Crippen molar-refractivity contribution in [2.45, 2.75) is 19.8 Å². The van der Waals surface area contributed by atoms with Crippen molar-refractivity contribution < 1.29 is 5.21 Å². The molecule has 2 rings (SSSR count). The van der Waals surface area contributed by atoms with Gasteiger partial charge in [-0.1, -0.05) is 30.6 Å². The number of aryl methyl sites for hydroxylation is 1. The number of nitrogens with one attached hydrogen (secondary N) is 1. The van der Waals surface area contributed by atoms with E-state index in [-0.39, 0.29) is 5.84 Å². The van der Waals surface area contributed by atoms with Crippen molar-refractivity contribution in [3.63, 3.8) is 0 Å². The number of benzene rings is 1. The third-order valence-corrected chi connectivity index (χ3v) is 2.69. The van der Waals surface area contributed by atoms with Gasteiger partial charge in [-0.05, 0) is 18.1 Å². The molecular weight excluding hydrogens is 202 g/mol. The Bertz CT molecular complexity index is 528. The highest BCUT2D eigenvalue weighted by molar-refractivity contribution is 6.00. The van der Waals surface area contributed by atoms with E-state index in [1.165, 1.54) is 10.9 Å². The average Bonchev–Trinajstić information content (AvgIpc) is 2.71. The van der Waals surface area contributed by atoms with Crippen LogP contribution in [0.15, 0.2) is 29.6 Å². The fourth-order valence-corrected chi connectivity index (χ4v) is 1.88. The Morgan fingerprint density at radius 1 is 1.50 bits per heavy atom. The maximum atomic E-state index is 8.60. The van der Waals surface area contributed by atoms with Crippen LogP contribution in [0.2, 0.25) is 0 Å². The molecule has 0 aliphatic heterocycles. The quantitative estimate of drug-likeness (QED) is 0.319. The number of aromatic nitrogens is 1. The molecule has 0 bridgehead atoms. The summed E-state index contributed by atoms with van der Waals surface area (Å²) in [6.07, 6.45) is 4.20. The number of fused-ring (bicyclic) bond motifs is 1. The zero-order valence-electron chi connectivity index (χ0n) is 9.20. The summed E-state index contributed by atoms with van der Waals surface area (Å²) >= 11 is 0. The van der Waals surface area contributed by atoms with Crippen LogP contribution < -0.4 is 5.73 Å². The number of H-pyrrole nitrogens is 1. The number of oxime groups is 1. The molecule has 2 aromatic rings. The van der Waals surface area contributed by atoms with Crippen LogP contribution >= 0.6 is 0 Å². The number of hydrogen-bond donors (Lipinski definition) is 3. The summed E-state index contributed by atoms with van der Waals surface area (Å²) in [6, 6.07) is 5.76. The van der Waals surface area contributed by atoms with Gasteiger partial charge in [0.05, 0.1) is 0 Å². The minimum Gasteiger partial charge on any atom is -0.409 e. The predicted molar refractivity (Wildman–Crippen MR) is 64.8 cm³/mol. The maximum Gasteiger partial charge on any atom is 0.170 e. The summed E-state index contributed by atoms with van der Waals surface area (Å²) in [6.45, 7) is 2.16. The van der Waals surface area contributed by atoms with Crippen LogP contribution in [-0.4, -0.2) is 16.0 Å². The number of rotatable bonds is 3. The average molecular weight is 217 g/mol. The van der Waals surface area contributed by atoms with Crippen molar-refractivity contribution in [1.82, 2.24) is 4.98 Å². The van der Waals surface area contributed by atoms with Gasteiger partial charge in [0.25, 0.3) is 0 Å². The molecule has 0 amide bonds. The molecular formula is C12H15N3O. The summed E-state index contributed by atoms with van der Waals surface area (Å²) in [4.78, 5) is 3.20. The molecule has 0 spiro atoms. The lowest BCUT2D eigenvalue weighted by molar-refractivity contribution is 0.318. The van der Waals surface area contributed by atoms with Crippen LogP contribution in [0.1, 0.15) is 24.5 Å². The van der Waals surface area contributed by atoms with Gasteiger partial charge >= 0.3 is 0 Å². The molecule has 4 nitrogen and oxygen atoms in total. The van der Waals surface area contributed by atoms with E-state index in [1.54, 1.807) is 0 Å². The molecule has 0 saturated heterocycles. The molecule has 1 aromatic carbocycles. The fraction of sp³-hybridized carbons (Fsp3) is 0.250. The monoisotopic (exact) mass is 217 g/mol. The Hall–Kier alpha value is -1.97. The molecule has 0 aliphatic rings. The van der Waals surface area contributed by atoms with Gasteiger partial charge in [-0.15, -0.1) is 0 Å². The van der Waals surface area contributed by atoms with Crippen LogP contribution in [0, 0.1) is 0 Å². The van der Waals surface area contributed by atoms with Crippen LogP contribution in [0.25, 0.3) is 10.9 Å². The molecule has 84 valence electrons. The molecule has 0 fully saturated rings. The number of nitrogens with zero attached hydrogens (tertiary/aromatic N) is 1. The molecule has 1 aromatic heterocycles. The first kappa shape index (κ1) is 10.5. The van der Waals surface area contributed by atoms with Gasteiger partial charge < -0.3 is 15.9 Å². The Labute approximate surface area is 93.8 Å². The number of amidine groups is 1. The SMILES string of the molecule is CCCc1c[nH]c2cc(/C(N)=N/O)ccc12. The summed E-state index contributed by atoms with van der Waals surface area (Å²) < 4.78 is 0. The van der Waals surface area contributed by atoms with Gasteiger partial charge in [0.15, 0.2) is 5.84 Å². The summed E-state index contributed by atoms with van der Waals surface area (Å²) in [5.74, 6) is 0.133. The molecule has 1 heterocycles. The summed E-state index contributed by atoms with van der Waals surface area (Å²) in [5, 5.41) is 12.8. The summed E-state index contributed by atoms with van der Waals surface area (Å²) in [7, 11) is 0. The third kappa shape index (κ3) is 1.74. The Kier molecular flexibility index (Phi) is 2.81. The van der Waals surface area contributed by atoms with E-state index >= 15 is 0 Å². The second kappa shape index (κ2) is 4.26. The predicted octanol–water partition coefficient (Wildman–Crippen LogP) is 2.21. The molecule has 4 heteroatoms. The zero-order valence-corrected chi connectivity index (χ0v) is 9.20. The Morgan fingerprint density at radius 2 is 2.31 bits per heavy atom. The van der Waals surface area contributed by atoms with Crippen molar-refractivity contribution >= 4 is 16.7 Å². The number of nitrogens with two attached hydrogens (primary N) is 1. The van der Waals surface area contributed by atoms with Gasteiger partial charge in [-0.3, -0.25) is 0 Å². The summed E-state index contributed by atoms with van der Waals surface area (Å²) in [5.41, 5.74) is 8.59. The van der Waals surface area contributed by atoms with E-state index in [1.807, 2.05) is 24.4 Å². The van der Waals surface area contributed by atoms with Crippen molar-refractivity contribution in [2.24, 2.45) is 10.9 Å². The minimum atomic E-state index is 0.133. The Balaban J connectivity index is 2.49.